The van der Waals surface area contributed by atoms with Crippen molar-refractivity contribution in [2.45, 2.75) is 20.4 Å². The Hall–Kier alpha value is -2.89. The number of rotatable bonds is 6. The summed E-state index contributed by atoms with van der Waals surface area (Å²) in [5, 5.41) is 10.9. The molecule has 0 aliphatic carbocycles. The van der Waals surface area contributed by atoms with Gasteiger partial charge in [0.2, 0.25) is 0 Å². The van der Waals surface area contributed by atoms with Crippen molar-refractivity contribution in [3.63, 3.8) is 0 Å². The van der Waals surface area contributed by atoms with Gasteiger partial charge in [0.1, 0.15) is 0 Å². The van der Waals surface area contributed by atoms with E-state index in [9.17, 15) is 14.9 Å². The zero-order valence-electron chi connectivity index (χ0n) is 15.0. The number of aryl methyl sites for hydroxylation is 1. The average Bonchev–Trinajstić information content (AvgIpc) is 2.59. The molecule has 2 rings (SSSR count). The molecule has 6 nitrogen and oxygen atoms in total. The number of nitro groups is 1. The summed E-state index contributed by atoms with van der Waals surface area (Å²) < 4.78 is 0. The minimum Gasteiger partial charge on any atom is -0.378 e. The maximum Gasteiger partial charge on any atom is 0.272 e. The fraction of sp³-hybridized carbons (Fsp3) is 0.316. The van der Waals surface area contributed by atoms with Crippen LogP contribution >= 0.6 is 0 Å². The minimum atomic E-state index is -0.437. The average molecular weight is 341 g/mol. The predicted octanol–water partition coefficient (Wildman–Crippen LogP) is 3.63. The smallest absolute Gasteiger partial charge is 0.272 e. The van der Waals surface area contributed by atoms with Gasteiger partial charge in [-0.05, 0) is 43.7 Å². The van der Waals surface area contributed by atoms with Crippen molar-refractivity contribution in [3.05, 3.63) is 69.3 Å². The Balaban J connectivity index is 2.18. The van der Waals surface area contributed by atoms with Gasteiger partial charge in [-0.15, -0.1) is 0 Å². The molecule has 0 atom stereocenters. The topological polar surface area (TPSA) is 66.7 Å². The molecule has 0 N–H and O–H groups in total. The van der Waals surface area contributed by atoms with Crippen molar-refractivity contribution in [1.82, 2.24) is 4.90 Å². The Morgan fingerprint density at radius 3 is 2.24 bits per heavy atom. The van der Waals surface area contributed by atoms with Crippen LogP contribution in [0.3, 0.4) is 0 Å². The van der Waals surface area contributed by atoms with Crippen LogP contribution in [0.25, 0.3) is 0 Å². The van der Waals surface area contributed by atoms with Crippen LogP contribution in [-0.4, -0.2) is 36.4 Å². The number of nitro benzene ring substituents is 1. The van der Waals surface area contributed by atoms with Gasteiger partial charge < -0.3 is 9.80 Å². The monoisotopic (exact) mass is 341 g/mol. The summed E-state index contributed by atoms with van der Waals surface area (Å²) in [5.41, 5.74) is 3.12. The van der Waals surface area contributed by atoms with E-state index >= 15 is 0 Å². The summed E-state index contributed by atoms with van der Waals surface area (Å²) >= 11 is 0. The molecule has 1 amide bonds. The first-order valence-electron chi connectivity index (χ1n) is 8.14. The molecule has 0 heterocycles. The second-order valence-corrected chi connectivity index (χ2v) is 6.14. The molecule has 2 aromatic carbocycles. The fourth-order valence-corrected chi connectivity index (χ4v) is 2.62. The summed E-state index contributed by atoms with van der Waals surface area (Å²) in [6.45, 7) is 4.62. The van der Waals surface area contributed by atoms with Crippen LogP contribution in [0.15, 0.2) is 42.5 Å². The molecule has 0 aliphatic rings. The van der Waals surface area contributed by atoms with Crippen LogP contribution < -0.4 is 4.90 Å². The Morgan fingerprint density at radius 1 is 1.12 bits per heavy atom. The number of carbonyl (C=O) groups is 1. The number of hydrogen-bond donors (Lipinski definition) is 0. The third kappa shape index (κ3) is 4.35. The highest BCUT2D eigenvalue weighted by Gasteiger charge is 2.18. The first-order chi connectivity index (χ1) is 11.8. The molecule has 0 saturated carbocycles. The van der Waals surface area contributed by atoms with Gasteiger partial charge in [0.25, 0.3) is 11.6 Å². The van der Waals surface area contributed by atoms with Gasteiger partial charge in [0.05, 0.1) is 4.92 Å². The van der Waals surface area contributed by atoms with Crippen molar-refractivity contribution in [2.24, 2.45) is 0 Å². The Morgan fingerprint density at radius 2 is 1.76 bits per heavy atom. The van der Waals surface area contributed by atoms with Crippen LogP contribution in [0.4, 0.5) is 11.4 Å². The van der Waals surface area contributed by atoms with E-state index in [2.05, 4.69) is 0 Å². The standard InChI is InChI=1S/C19H23N3O3/c1-5-21(13-15-6-9-17(10-7-15)20(3)4)19(23)16-8-11-18(22(24)25)14(2)12-16/h6-12H,5,13H2,1-4H3. The molecule has 0 bridgehead atoms. The van der Waals surface area contributed by atoms with Gasteiger partial charge in [-0.2, -0.15) is 0 Å². The van der Waals surface area contributed by atoms with Gasteiger partial charge in [-0.1, -0.05) is 12.1 Å². The van der Waals surface area contributed by atoms with Crippen molar-refractivity contribution < 1.29 is 9.72 Å². The first-order valence-corrected chi connectivity index (χ1v) is 8.14. The van der Waals surface area contributed by atoms with E-state index in [1.807, 2.05) is 50.2 Å². The lowest BCUT2D eigenvalue weighted by molar-refractivity contribution is -0.385. The molecule has 0 radical (unpaired) electrons. The van der Waals surface area contributed by atoms with Gasteiger partial charge in [0, 0.05) is 50.1 Å². The molecule has 0 fully saturated rings. The number of hydrogen-bond acceptors (Lipinski definition) is 4. The van der Waals surface area contributed by atoms with E-state index < -0.39 is 4.92 Å². The zero-order valence-corrected chi connectivity index (χ0v) is 15.0. The van der Waals surface area contributed by atoms with Gasteiger partial charge in [0.15, 0.2) is 0 Å². The lowest BCUT2D eigenvalue weighted by atomic mass is 10.1. The molecular weight excluding hydrogens is 318 g/mol. The third-order valence-corrected chi connectivity index (χ3v) is 4.14. The molecule has 0 aromatic heterocycles. The largest absolute Gasteiger partial charge is 0.378 e. The van der Waals surface area contributed by atoms with Gasteiger partial charge in [-0.25, -0.2) is 0 Å². The molecule has 25 heavy (non-hydrogen) atoms. The van der Waals surface area contributed by atoms with Crippen LogP contribution in [0, 0.1) is 17.0 Å². The van der Waals surface area contributed by atoms with E-state index in [4.69, 9.17) is 0 Å². The maximum absolute atomic E-state index is 12.7. The summed E-state index contributed by atoms with van der Waals surface area (Å²) in [5.74, 6) is -0.128. The SMILES string of the molecule is CCN(Cc1ccc(N(C)C)cc1)C(=O)c1ccc([N+](=O)[O-])c(C)c1. The van der Waals surface area contributed by atoms with E-state index in [1.165, 1.54) is 12.1 Å². The lowest BCUT2D eigenvalue weighted by Crippen LogP contribution is -2.30. The number of benzene rings is 2. The van der Waals surface area contributed by atoms with E-state index in [-0.39, 0.29) is 11.6 Å². The summed E-state index contributed by atoms with van der Waals surface area (Å²) in [4.78, 5) is 27.0. The van der Waals surface area contributed by atoms with Crippen molar-refractivity contribution >= 4 is 17.3 Å². The quantitative estimate of drug-likeness (QED) is 0.594. The number of anilines is 1. The highest BCUT2D eigenvalue weighted by Crippen LogP contribution is 2.21. The second kappa shape index (κ2) is 7.79. The highest BCUT2D eigenvalue weighted by molar-refractivity contribution is 5.94. The molecule has 0 aliphatic heterocycles. The highest BCUT2D eigenvalue weighted by atomic mass is 16.6. The summed E-state index contributed by atoms with van der Waals surface area (Å²) in [6.07, 6.45) is 0. The molecule has 2 aromatic rings. The maximum atomic E-state index is 12.7. The third-order valence-electron chi connectivity index (χ3n) is 4.14. The van der Waals surface area contributed by atoms with Crippen molar-refractivity contribution in [3.8, 4) is 0 Å². The van der Waals surface area contributed by atoms with Crippen LogP contribution in [-0.2, 0) is 6.54 Å². The zero-order chi connectivity index (χ0) is 18.6. The first kappa shape index (κ1) is 18.4. The molecule has 0 saturated heterocycles. The Labute approximate surface area is 147 Å². The number of amides is 1. The Bertz CT molecular complexity index is 770. The van der Waals surface area contributed by atoms with E-state index in [1.54, 1.807) is 17.9 Å². The molecule has 0 unspecified atom stereocenters. The van der Waals surface area contributed by atoms with Crippen LogP contribution in [0.2, 0.25) is 0 Å². The van der Waals surface area contributed by atoms with Crippen LogP contribution in [0.1, 0.15) is 28.4 Å². The normalized spacial score (nSPS) is 10.4. The molecule has 0 spiro atoms. The fourth-order valence-electron chi connectivity index (χ4n) is 2.62. The molecular formula is C19H23N3O3. The number of nitrogens with zero attached hydrogens (tertiary/aromatic N) is 3. The van der Waals surface area contributed by atoms with E-state index in [0.29, 0.717) is 24.2 Å². The summed E-state index contributed by atoms with van der Waals surface area (Å²) in [7, 11) is 3.96. The second-order valence-electron chi connectivity index (χ2n) is 6.14. The Kier molecular flexibility index (Phi) is 5.75. The predicted molar refractivity (Wildman–Crippen MR) is 99.0 cm³/mol. The van der Waals surface area contributed by atoms with Crippen LogP contribution in [0.5, 0.6) is 0 Å². The number of carbonyl (C=O) groups excluding carboxylic acids is 1. The van der Waals surface area contributed by atoms with Gasteiger partial charge in [-0.3, -0.25) is 14.9 Å². The lowest BCUT2D eigenvalue weighted by Gasteiger charge is -2.22. The molecule has 132 valence electrons. The van der Waals surface area contributed by atoms with Crippen molar-refractivity contribution in [2.75, 3.05) is 25.5 Å². The van der Waals surface area contributed by atoms with E-state index in [0.717, 1.165) is 11.3 Å². The minimum absolute atomic E-state index is 0.0267. The summed E-state index contributed by atoms with van der Waals surface area (Å²) in [6, 6.07) is 12.5. The van der Waals surface area contributed by atoms with Gasteiger partial charge >= 0.3 is 0 Å². The van der Waals surface area contributed by atoms with Crippen molar-refractivity contribution in [1.29, 1.82) is 0 Å². The molecule has 6 heteroatoms.